The number of aliphatic hydroxyl groups excluding tert-OH is 2. The molecule has 1 aliphatic rings. The average Bonchev–Trinajstić information content (AvgIpc) is 3.22. The zero-order valence-electron chi connectivity index (χ0n) is 20.5. The first-order valence-electron chi connectivity index (χ1n) is 12.3. The smallest absolute Gasteiger partial charge is 0.335 e. The van der Waals surface area contributed by atoms with E-state index in [2.05, 4.69) is 10.0 Å². The summed E-state index contributed by atoms with van der Waals surface area (Å²) in [5.41, 5.74) is 2.66. The summed E-state index contributed by atoms with van der Waals surface area (Å²) in [6.07, 6.45) is -1.22. The number of carbonyl (C=O) groups is 2. The summed E-state index contributed by atoms with van der Waals surface area (Å²) in [6.45, 7) is -0.337. The Hall–Kier alpha value is -3.57. The second kappa shape index (κ2) is 11.9. The molecule has 0 aliphatic heterocycles. The van der Waals surface area contributed by atoms with Gasteiger partial charge < -0.3 is 20.6 Å². The molecule has 0 fully saturated rings. The van der Waals surface area contributed by atoms with Gasteiger partial charge in [-0.15, -0.1) is 0 Å². The molecule has 4 atom stereocenters. The Morgan fingerprint density at radius 1 is 0.947 bits per heavy atom. The van der Waals surface area contributed by atoms with Crippen LogP contribution in [-0.4, -0.2) is 54.4 Å². The van der Waals surface area contributed by atoms with E-state index in [1.54, 1.807) is 0 Å². The van der Waals surface area contributed by atoms with Crippen LogP contribution >= 0.6 is 0 Å². The predicted octanol–water partition coefficient (Wildman–Crippen LogP) is 2.05. The normalized spacial score (nSPS) is 18.4. The number of nitrogens with one attached hydrogen (secondary N) is 2. The van der Waals surface area contributed by atoms with E-state index in [9.17, 15) is 28.2 Å². The molecule has 1 amide bonds. The van der Waals surface area contributed by atoms with Crippen LogP contribution in [0.15, 0.2) is 83.8 Å². The Kier molecular flexibility index (Phi) is 8.58. The minimum absolute atomic E-state index is 0.0222. The first-order valence-corrected chi connectivity index (χ1v) is 13.7. The van der Waals surface area contributed by atoms with E-state index in [1.165, 1.54) is 24.3 Å². The number of amides is 1. The molecule has 0 heterocycles. The molecule has 3 aromatic carbocycles. The predicted molar refractivity (Wildman–Crippen MR) is 140 cm³/mol. The monoisotopic (exact) mass is 538 g/mol. The first-order chi connectivity index (χ1) is 18.1. The number of benzene rings is 3. The van der Waals surface area contributed by atoms with E-state index < -0.39 is 40.2 Å². The molecule has 38 heavy (non-hydrogen) atoms. The highest BCUT2D eigenvalue weighted by molar-refractivity contribution is 7.89. The van der Waals surface area contributed by atoms with Gasteiger partial charge in [0.05, 0.1) is 28.7 Å². The molecular weight excluding hydrogens is 508 g/mol. The van der Waals surface area contributed by atoms with Gasteiger partial charge in [0.25, 0.3) is 0 Å². The Bertz CT molecular complexity index is 1380. The molecule has 9 nitrogen and oxygen atoms in total. The van der Waals surface area contributed by atoms with Crippen molar-refractivity contribution in [1.29, 1.82) is 0 Å². The van der Waals surface area contributed by atoms with Crippen LogP contribution < -0.4 is 10.0 Å². The van der Waals surface area contributed by atoms with Crippen molar-refractivity contribution in [3.05, 3.63) is 101 Å². The number of aromatic carboxylic acids is 1. The van der Waals surface area contributed by atoms with Crippen LogP contribution in [-0.2, 0) is 27.7 Å². The molecule has 5 N–H and O–H groups in total. The van der Waals surface area contributed by atoms with Crippen molar-refractivity contribution in [3.63, 3.8) is 0 Å². The molecule has 0 saturated heterocycles. The van der Waals surface area contributed by atoms with Crippen LogP contribution in [0.2, 0.25) is 0 Å². The maximum absolute atomic E-state index is 13.4. The molecule has 200 valence electrons. The van der Waals surface area contributed by atoms with Crippen LogP contribution in [0, 0.1) is 5.92 Å². The van der Waals surface area contributed by atoms with Crippen molar-refractivity contribution in [2.24, 2.45) is 5.92 Å². The van der Waals surface area contributed by atoms with E-state index in [1.807, 2.05) is 54.6 Å². The van der Waals surface area contributed by atoms with E-state index in [0.29, 0.717) is 12.8 Å². The largest absolute Gasteiger partial charge is 0.478 e. The van der Waals surface area contributed by atoms with Gasteiger partial charge in [-0.2, -0.15) is 0 Å². The quantitative estimate of drug-likeness (QED) is 0.250. The van der Waals surface area contributed by atoms with Crippen LogP contribution in [0.3, 0.4) is 0 Å². The third-order valence-corrected chi connectivity index (χ3v) is 8.11. The number of carboxylic acid groups (broad SMARTS) is 1. The summed E-state index contributed by atoms with van der Waals surface area (Å²) in [5.74, 6) is -2.21. The van der Waals surface area contributed by atoms with Crippen LogP contribution in [0.4, 0.5) is 0 Å². The summed E-state index contributed by atoms with van der Waals surface area (Å²) >= 11 is 0. The Balaban J connectivity index is 1.44. The molecule has 0 radical (unpaired) electrons. The zero-order chi connectivity index (χ0) is 27.3. The molecule has 1 aliphatic carbocycles. The summed E-state index contributed by atoms with van der Waals surface area (Å²) < 4.78 is 27.6. The van der Waals surface area contributed by atoms with Crippen molar-refractivity contribution in [1.82, 2.24) is 10.0 Å². The Morgan fingerprint density at radius 3 is 2.29 bits per heavy atom. The molecule has 3 aromatic rings. The fourth-order valence-electron chi connectivity index (χ4n) is 4.68. The number of carbonyl (C=O) groups excluding carboxylic acids is 1. The second-order valence-corrected chi connectivity index (χ2v) is 11.2. The summed E-state index contributed by atoms with van der Waals surface area (Å²) in [7, 11) is -4.01. The standard InChI is InChI=1S/C28H30N2O7S/c31-22(17-29-38(36,37)23-12-10-19(11-13-23)28(34)35)15-21(14-18-6-2-1-3-7-18)27(33)30-26-24-9-5-4-8-20(24)16-25(26)32/h1-13,21-22,25-26,29,31-32H,14-17H2,(H,30,33)(H,34,35)/t21-,22+,25-,26+/m1/s1. The Labute approximate surface area is 221 Å². The number of fused-ring (bicyclic) bond motifs is 1. The van der Waals surface area contributed by atoms with Gasteiger partial charge in [0.15, 0.2) is 0 Å². The fourth-order valence-corrected chi connectivity index (χ4v) is 5.75. The summed E-state index contributed by atoms with van der Waals surface area (Å²) in [4.78, 5) is 24.3. The third kappa shape index (κ3) is 6.65. The van der Waals surface area contributed by atoms with E-state index in [-0.39, 0.29) is 29.3 Å². The first kappa shape index (κ1) is 27.5. The lowest BCUT2D eigenvalue weighted by molar-refractivity contribution is -0.127. The van der Waals surface area contributed by atoms with Crippen molar-refractivity contribution in [3.8, 4) is 0 Å². The van der Waals surface area contributed by atoms with E-state index in [4.69, 9.17) is 5.11 Å². The lowest BCUT2D eigenvalue weighted by Gasteiger charge is -2.24. The van der Waals surface area contributed by atoms with Gasteiger partial charge in [0.1, 0.15) is 0 Å². The number of rotatable bonds is 11. The number of carboxylic acids is 1. The Morgan fingerprint density at radius 2 is 1.61 bits per heavy atom. The highest BCUT2D eigenvalue weighted by Crippen LogP contribution is 2.32. The van der Waals surface area contributed by atoms with Crippen LogP contribution in [0.1, 0.15) is 39.5 Å². The molecule has 10 heteroatoms. The molecule has 0 unspecified atom stereocenters. The maximum atomic E-state index is 13.4. The minimum atomic E-state index is -4.01. The van der Waals surface area contributed by atoms with Crippen molar-refractivity contribution >= 4 is 21.9 Å². The lowest BCUT2D eigenvalue weighted by Crippen LogP contribution is -2.41. The average molecular weight is 539 g/mol. The van der Waals surface area contributed by atoms with Crippen LogP contribution in [0.5, 0.6) is 0 Å². The lowest BCUT2D eigenvalue weighted by atomic mass is 9.92. The summed E-state index contributed by atoms with van der Waals surface area (Å²) in [5, 5.41) is 33.2. The maximum Gasteiger partial charge on any atom is 0.335 e. The molecular formula is C28H30N2O7S. The van der Waals surface area contributed by atoms with Crippen LogP contribution in [0.25, 0.3) is 0 Å². The highest BCUT2D eigenvalue weighted by Gasteiger charge is 2.34. The number of sulfonamides is 1. The van der Waals surface area contributed by atoms with Crippen molar-refractivity contribution in [2.75, 3.05) is 6.54 Å². The fraction of sp³-hybridized carbons (Fsp3) is 0.286. The summed E-state index contributed by atoms with van der Waals surface area (Å²) in [6, 6.07) is 21.0. The van der Waals surface area contributed by atoms with Gasteiger partial charge in [-0.3, -0.25) is 4.79 Å². The SMILES string of the molecule is O=C(O)c1ccc(S(=O)(=O)NC[C@@H](O)C[C@@H](Cc2ccccc2)C(=O)N[C@H]2c3ccccc3C[C@H]2O)cc1. The third-order valence-electron chi connectivity index (χ3n) is 6.67. The highest BCUT2D eigenvalue weighted by atomic mass is 32.2. The number of hydrogen-bond donors (Lipinski definition) is 5. The van der Waals surface area contributed by atoms with Gasteiger partial charge in [-0.05, 0) is 53.8 Å². The molecule has 0 saturated carbocycles. The van der Waals surface area contributed by atoms with Crippen molar-refractivity contribution < 1.29 is 33.3 Å². The second-order valence-electron chi connectivity index (χ2n) is 9.41. The van der Waals surface area contributed by atoms with Gasteiger partial charge in [0.2, 0.25) is 15.9 Å². The molecule has 4 rings (SSSR count). The van der Waals surface area contributed by atoms with E-state index >= 15 is 0 Å². The molecule has 0 aromatic heterocycles. The number of aliphatic hydroxyl groups is 2. The topological polar surface area (TPSA) is 153 Å². The van der Waals surface area contributed by atoms with Gasteiger partial charge in [-0.25, -0.2) is 17.9 Å². The van der Waals surface area contributed by atoms with Gasteiger partial charge in [0, 0.05) is 18.9 Å². The molecule has 0 spiro atoms. The molecule has 0 bridgehead atoms. The zero-order valence-corrected chi connectivity index (χ0v) is 21.3. The van der Waals surface area contributed by atoms with E-state index in [0.717, 1.165) is 16.7 Å². The van der Waals surface area contributed by atoms with Crippen molar-refractivity contribution in [2.45, 2.75) is 42.4 Å². The number of hydrogen-bond acceptors (Lipinski definition) is 6. The van der Waals surface area contributed by atoms with Gasteiger partial charge in [-0.1, -0.05) is 54.6 Å². The minimum Gasteiger partial charge on any atom is -0.478 e. The van der Waals surface area contributed by atoms with Gasteiger partial charge >= 0.3 is 5.97 Å².